The minimum Gasteiger partial charge on any atom is -0.399 e. The van der Waals surface area contributed by atoms with Crippen LogP contribution in [-0.4, -0.2) is 0 Å². The highest BCUT2D eigenvalue weighted by Crippen LogP contribution is 2.33. The Morgan fingerprint density at radius 1 is 0.254 bits per heavy atom. The van der Waals surface area contributed by atoms with Crippen molar-refractivity contribution in [3.05, 3.63) is 130 Å². The van der Waals surface area contributed by atoms with Crippen molar-refractivity contribution in [3.63, 3.8) is 0 Å². The van der Waals surface area contributed by atoms with Crippen molar-refractivity contribution in [2.45, 2.75) is 263 Å². The van der Waals surface area contributed by atoms with Gasteiger partial charge in [-0.2, -0.15) is 0 Å². The summed E-state index contributed by atoms with van der Waals surface area (Å²) in [5, 5.41) is 0. The third-order valence-electron chi connectivity index (χ3n) is 15.1. The molecular formula is C65H102N2. The number of rotatable bonds is 42. The zero-order chi connectivity index (χ0) is 47.3. The Morgan fingerprint density at radius 3 is 0.716 bits per heavy atom. The number of anilines is 2. The smallest absolute Gasteiger partial charge is 0.0314 e. The fourth-order valence-corrected chi connectivity index (χ4v) is 10.6. The molecule has 2 nitrogen and oxygen atoms in total. The molecule has 67 heavy (non-hydrogen) atoms. The van der Waals surface area contributed by atoms with Crippen molar-refractivity contribution < 1.29 is 0 Å². The summed E-state index contributed by atoms with van der Waals surface area (Å²) in [6.45, 7) is 4.60. The van der Waals surface area contributed by atoms with E-state index >= 15 is 0 Å². The van der Waals surface area contributed by atoms with Gasteiger partial charge < -0.3 is 11.5 Å². The van der Waals surface area contributed by atoms with Crippen LogP contribution in [0.15, 0.2) is 97.1 Å². The largest absolute Gasteiger partial charge is 0.399 e. The standard InChI is InChI=1S/C65H102N2/c1-3-5-7-9-11-26-30-34-38-64(60-48-52-62(66)53-49-60)58-44-40-56(41-45-58)36-32-28-24-22-20-18-16-14-13-15-17-19-21-23-25-29-33-37-57-42-46-59(47-43-57)65(61-50-54-63(67)55-51-61)39-35-31-27-12-10-8-6-4-2/h40-55,64-65H,3-39,66-67H2,1-2H3. The molecule has 0 aromatic heterocycles. The van der Waals surface area contributed by atoms with Crippen molar-refractivity contribution in [1.29, 1.82) is 0 Å². The molecule has 4 aromatic rings. The zero-order valence-corrected chi connectivity index (χ0v) is 43.7. The Bertz CT molecular complexity index is 1580. The molecule has 0 saturated carbocycles. The Balaban J connectivity index is 0.950. The fraction of sp³-hybridized carbons (Fsp3) is 0.631. The van der Waals surface area contributed by atoms with Gasteiger partial charge in [0, 0.05) is 23.2 Å². The molecule has 2 heteroatoms. The molecule has 0 aliphatic heterocycles. The van der Waals surface area contributed by atoms with Crippen molar-refractivity contribution >= 4 is 11.4 Å². The molecule has 2 atom stereocenters. The number of hydrogen-bond acceptors (Lipinski definition) is 2. The second-order valence-corrected chi connectivity index (χ2v) is 21.0. The summed E-state index contributed by atoms with van der Waals surface area (Å²) >= 11 is 0. The van der Waals surface area contributed by atoms with E-state index in [0.717, 1.165) is 11.4 Å². The lowest BCUT2D eigenvalue weighted by Crippen LogP contribution is -2.02. The average molecular weight is 912 g/mol. The van der Waals surface area contributed by atoms with Crippen LogP contribution in [0.4, 0.5) is 11.4 Å². The van der Waals surface area contributed by atoms with Crippen LogP contribution in [-0.2, 0) is 12.8 Å². The molecule has 0 spiro atoms. The van der Waals surface area contributed by atoms with Crippen molar-refractivity contribution in [2.75, 3.05) is 11.5 Å². The maximum absolute atomic E-state index is 6.05. The Hall–Kier alpha value is -3.52. The summed E-state index contributed by atoms with van der Waals surface area (Å²) in [5.74, 6) is 0.940. The maximum atomic E-state index is 6.05. The molecule has 0 heterocycles. The van der Waals surface area contributed by atoms with Gasteiger partial charge in [0.1, 0.15) is 0 Å². The number of unbranched alkanes of at least 4 members (excludes halogenated alkanes) is 30. The highest BCUT2D eigenvalue weighted by atomic mass is 14.5. The topological polar surface area (TPSA) is 52.0 Å². The van der Waals surface area contributed by atoms with Gasteiger partial charge in [-0.3, -0.25) is 0 Å². The van der Waals surface area contributed by atoms with Crippen LogP contribution < -0.4 is 11.5 Å². The van der Waals surface area contributed by atoms with Crippen LogP contribution in [0.1, 0.15) is 284 Å². The average Bonchev–Trinajstić information content (AvgIpc) is 3.35. The lowest BCUT2D eigenvalue weighted by molar-refractivity contribution is 0.525. The number of hydrogen-bond donors (Lipinski definition) is 2. The molecule has 2 unspecified atom stereocenters. The van der Waals surface area contributed by atoms with Crippen LogP contribution in [0.2, 0.25) is 0 Å². The van der Waals surface area contributed by atoms with Crippen LogP contribution in [0.5, 0.6) is 0 Å². The molecule has 4 rings (SSSR count). The molecule has 4 aromatic carbocycles. The second-order valence-electron chi connectivity index (χ2n) is 21.0. The van der Waals surface area contributed by atoms with Gasteiger partial charge in [-0.25, -0.2) is 0 Å². The van der Waals surface area contributed by atoms with E-state index in [2.05, 4.69) is 111 Å². The quantitative estimate of drug-likeness (QED) is 0.0344. The van der Waals surface area contributed by atoms with Gasteiger partial charge in [0.25, 0.3) is 0 Å². The lowest BCUT2D eigenvalue weighted by atomic mass is 9.86. The van der Waals surface area contributed by atoms with E-state index in [0.29, 0.717) is 11.8 Å². The summed E-state index contributed by atoms with van der Waals surface area (Å²) in [5.41, 5.74) is 22.6. The first kappa shape index (κ1) is 56.1. The summed E-state index contributed by atoms with van der Waals surface area (Å²) < 4.78 is 0. The van der Waals surface area contributed by atoms with E-state index in [4.69, 9.17) is 11.5 Å². The van der Waals surface area contributed by atoms with Gasteiger partial charge in [-0.15, -0.1) is 0 Å². The van der Waals surface area contributed by atoms with Crippen molar-refractivity contribution in [1.82, 2.24) is 0 Å². The third kappa shape index (κ3) is 25.6. The SMILES string of the molecule is CCCCCCCCCCC(c1ccc(N)cc1)c1ccc(CCCCCCCCCCCCCCCCCCCc2ccc(C(CCCCCCCCCC)c3ccc(N)cc3)cc2)cc1. The molecular weight excluding hydrogens is 809 g/mol. The summed E-state index contributed by atoms with van der Waals surface area (Å²) in [6.07, 6.45) is 50.8. The van der Waals surface area contributed by atoms with E-state index in [1.54, 1.807) is 0 Å². The molecule has 0 fully saturated rings. The summed E-state index contributed by atoms with van der Waals surface area (Å²) in [7, 11) is 0. The van der Waals surface area contributed by atoms with E-state index < -0.39 is 0 Å². The van der Waals surface area contributed by atoms with Gasteiger partial charge in [0.2, 0.25) is 0 Å². The van der Waals surface area contributed by atoms with Crippen LogP contribution in [0, 0.1) is 0 Å². The van der Waals surface area contributed by atoms with Gasteiger partial charge >= 0.3 is 0 Å². The predicted molar refractivity (Wildman–Crippen MR) is 299 cm³/mol. The Morgan fingerprint density at radius 2 is 0.463 bits per heavy atom. The first-order valence-electron chi connectivity index (χ1n) is 29.0. The Kier molecular flexibility index (Phi) is 31.3. The van der Waals surface area contributed by atoms with Crippen molar-refractivity contribution in [3.8, 4) is 0 Å². The highest BCUT2D eigenvalue weighted by molar-refractivity contribution is 5.44. The fourth-order valence-electron chi connectivity index (χ4n) is 10.6. The number of aryl methyl sites for hydroxylation is 2. The first-order chi connectivity index (χ1) is 33.1. The second kappa shape index (κ2) is 37.4. The monoisotopic (exact) mass is 911 g/mol. The van der Waals surface area contributed by atoms with E-state index in [-0.39, 0.29) is 0 Å². The van der Waals surface area contributed by atoms with Crippen LogP contribution >= 0.6 is 0 Å². The molecule has 0 aliphatic rings. The minimum absolute atomic E-state index is 0.470. The first-order valence-corrected chi connectivity index (χ1v) is 29.0. The zero-order valence-electron chi connectivity index (χ0n) is 43.7. The minimum atomic E-state index is 0.470. The van der Waals surface area contributed by atoms with Gasteiger partial charge in [0.15, 0.2) is 0 Å². The lowest BCUT2D eigenvalue weighted by Gasteiger charge is -2.19. The molecule has 0 amide bonds. The summed E-state index contributed by atoms with van der Waals surface area (Å²) in [6, 6.07) is 36.6. The molecule has 0 saturated heterocycles. The predicted octanol–water partition coefficient (Wildman–Crippen LogP) is 20.6. The van der Waals surface area contributed by atoms with E-state index in [1.807, 2.05) is 0 Å². The number of benzene rings is 4. The van der Waals surface area contributed by atoms with Gasteiger partial charge in [-0.1, -0.05) is 286 Å². The van der Waals surface area contributed by atoms with Crippen LogP contribution in [0.25, 0.3) is 0 Å². The van der Waals surface area contributed by atoms with Gasteiger partial charge in [0.05, 0.1) is 0 Å². The Labute approximate surface area is 414 Å². The number of nitrogens with two attached hydrogens (primary N) is 2. The third-order valence-corrected chi connectivity index (χ3v) is 15.1. The molecule has 372 valence electrons. The molecule has 4 N–H and O–H groups in total. The number of nitrogen functional groups attached to an aromatic ring is 2. The molecule has 0 radical (unpaired) electrons. The van der Waals surface area contributed by atoms with E-state index in [9.17, 15) is 0 Å². The summed E-state index contributed by atoms with van der Waals surface area (Å²) in [4.78, 5) is 0. The molecule has 0 aliphatic carbocycles. The highest BCUT2D eigenvalue weighted by Gasteiger charge is 2.16. The maximum Gasteiger partial charge on any atom is 0.0314 e. The van der Waals surface area contributed by atoms with E-state index in [1.165, 1.54) is 271 Å². The molecule has 0 bridgehead atoms. The normalized spacial score (nSPS) is 12.4. The van der Waals surface area contributed by atoms with Crippen molar-refractivity contribution in [2.24, 2.45) is 0 Å². The van der Waals surface area contributed by atoms with Gasteiger partial charge in [-0.05, 0) is 96.2 Å². The van der Waals surface area contributed by atoms with Crippen LogP contribution in [0.3, 0.4) is 0 Å².